The number of primary amides is 1. The predicted molar refractivity (Wildman–Crippen MR) is 121 cm³/mol. The van der Waals surface area contributed by atoms with Crippen molar-refractivity contribution >= 4 is 27.5 Å². The van der Waals surface area contributed by atoms with Gasteiger partial charge in [0.25, 0.3) is 0 Å². The SMILES string of the molecule is NC(=O)CCC(NS(=O)(=O)c1ccc2c(c1)OCCO2)C(=O)Nc1ccc2c(c1)OCCCO2. The van der Waals surface area contributed by atoms with E-state index in [-0.39, 0.29) is 17.7 Å². The molecule has 0 radical (unpaired) electrons. The number of fused-ring (bicyclic) bond motifs is 2. The Morgan fingerprint density at radius 2 is 1.50 bits per heavy atom. The fourth-order valence-electron chi connectivity index (χ4n) is 3.45. The molecule has 0 bridgehead atoms. The fraction of sp³-hybridized carbons (Fsp3) is 0.364. The van der Waals surface area contributed by atoms with Crippen LogP contribution in [0.4, 0.5) is 5.69 Å². The summed E-state index contributed by atoms with van der Waals surface area (Å²) >= 11 is 0. The lowest BCUT2D eigenvalue weighted by atomic mass is 10.1. The van der Waals surface area contributed by atoms with Crippen LogP contribution in [0.2, 0.25) is 0 Å². The number of nitrogens with two attached hydrogens (primary N) is 1. The maximum absolute atomic E-state index is 13.0. The summed E-state index contributed by atoms with van der Waals surface area (Å²) in [7, 11) is -4.14. The van der Waals surface area contributed by atoms with Gasteiger partial charge in [-0.25, -0.2) is 8.42 Å². The molecule has 1 unspecified atom stereocenters. The highest BCUT2D eigenvalue weighted by atomic mass is 32.2. The van der Waals surface area contributed by atoms with Crippen LogP contribution in [0.25, 0.3) is 0 Å². The second kappa shape index (κ2) is 10.2. The maximum atomic E-state index is 13.0. The third-order valence-corrected chi connectivity index (χ3v) is 6.60. The third kappa shape index (κ3) is 5.69. The van der Waals surface area contributed by atoms with E-state index in [0.717, 1.165) is 6.42 Å². The highest BCUT2D eigenvalue weighted by Crippen LogP contribution is 2.33. The van der Waals surface area contributed by atoms with E-state index in [1.165, 1.54) is 18.2 Å². The Hall–Kier alpha value is -3.51. The van der Waals surface area contributed by atoms with Crippen molar-refractivity contribution in [3.63, 3.8) is 0 Å². The van der Waals surface area contributed by atoms with E-state index in [1.807, 2.05) is 0 Å². The number of ether oxygens (including phenoxy) is 4. The molecule has 2 aliphatic rings. The number of anilines is 1. The molecule has 2 heterocycles. The largest absolute Gasteiger partial charge is 0.490 e. The minimum Gasteiger partial charge on any atom is -0.490 e. The van der Waals surface area contributed by atoms with Gasteiger partial charge in [0.15, 0.2) is 23.0 Å². The zero-order valence-corrected chi connectivity index (χ0v) is 19.1. The number of hydrogen-bond acceptors (Lipinski definition) is 8. The third-order valence-electron chi connectivity index (χ3n) is 5.13. The Labute approximate surface area is 196 Å². The van der Waals surface area contributed by atoms with Gasteiger partial charge in [0.05, 0.1) is 18.1 Å². The van der Waals surface area contributed by atoms with Crippen molar-refractivity contribution in [2.75, 3.05) is 31.7 Å². The van der Waals surface area contributed by atoms with Crippen molar-refractivity contribution in [1.82, 2.24) is 4.72 Å². The van der Waals surface area contributed by atoms with Crippen molar-refractivity contribution in [3.05, 3.63) is 36.4 Å². The van der Waals surface area contributed by atoms with Crippen molar-refractivity contribution in [2.24, 2.45) is 5.73 Å². The van der Waals surface area contributed by atoms with Crippen LogP contribution in [0.5, 0.6) is 23.0 Å². The van der Waals surface area contributed by atoms with E-state index in [9.17, 15) is 18.0 Å². The van der Waals surface area contributed by atoms with Gasteiger partial charge in [-0.15, -0.1) is 0 Å². The zero-order chi connectivity index (χ0) is 24.1. The first-order chi connectivity index (χ1) is 16.3. The molecular weight excluding hydrogens is 466 g/mol. The number of rotatable bonds is 8. The van der Waals surface area contributed by atoms with Gasteiger partial charge in [-0.05, 0) is 30.7 Å². The van der Waals surface area contributed by atoms with Crippen LogP contribution in [0.1, 0.15) is 19.3 Å². The summed E-state index contributed by atoms with van der Waals surface area (Å²) in [5, 5.41) is 2.66. The molecule has 0 aromatic heterocycles. The molecule has 2 amide bonds. The molecule has 11 nitrogen and oxygen atoms in total. The number of sulfonamides is 1. The van der Waals surface area contributed by atoms with Crippen LogP contribution in [0.3, 0.4) is 0 Å². The molecule has 0 aliphatic carbocycles. The van der Waals surface area contributed by atoms with E-state index in [4.69, 9.17) is 24.7 Å². The summed E-state index contributed by atoms with van der Waals surface area (Å²) in [4.78, 5) is 24.2. The standard InChI is InChI=1S/C22H25N3O8S/c23-21(26)7-4-16(22(27)24-14-2-5-17-19(12-14)31-9-1-8-30-17)25-34(28,29)15-3-6-18-20(13-15)33-11-10-32-18/h2-3,5-6,12-13,16,25H,1,4,7-11H2,(H2,23,26)(H,24,27). The van der Waals surface area contributed by atoms with Crippen molar-refractivity contribution in [2.45, 2.75) is 30.2 Å². The Balaban J connectivity index is 1.52. The number of carbonyl (C=O) groups excluding carboxylic acids is 2. The van der Waals surface area contributed by atoms with Crippen LogP contribution in [0.15, 0.2) is 41.3 Å². The quantitative estimate of drug-likeness (QED) is 0.497. The van der Waals surface area contributed by atoms with E-state index in [2.05, 4.69) is 10.0 Å². The summed E-state index contributed by atoms with van der Waals surface area (Å²) in [6.45, 7) is 1.66. The minimum absolute atomic E-state index is 0.107. The molecule has 0 spiro atoms. The lowest BCUT2D eigenvalue weighted by Gasteiger charge is -2.21. The summed E-state index contributed by atoms with van der Waals surface area (Å²) in [5.74, 6) is 0.437. The van der Waals surface area contributed by atoms with Gasteiger partial charge in [-0.1, -0.05) is 0 Å². The molecular formula is C22H25N3O8S. The highest BCUT2D eigenvalue weighted by Gasteiger charge is 2.28. The molecule has 4 N–H and O–H groups in total. The van der Waals surface area contributed by atoms with Crippen LogP contribution in [-0.4, -0.2) is 52.7 Å². The molecule has 0 saturated heterocycles. The van der Waals surface area contributed by atoms with Gasteiger partial charge in [-0.2, -0.15) is 4.72 Å². The summed E-state index contributed by atoms with van der Waals surface area (Å²) in [5.41, 5.74) is 5.61. The van der Waals surface area contributed by atoms with Crippen LogP contribution < -0.4 is 34.7 Å². The van der Waals surface area contributed by atoms with Gasteiger partial charge >= 0.3 is 0 Å². The van der Waals surface area contributed by atoms with Crippen molar-refractivity contribution in [3.8, 4) is 23.0 Å². The monoisotopic (exact) mass is 491 g/mol. The predicted octanol–water partition coefficient (Wildman–Crippen LogP) is 1.17. The summed E-state index contributed by atoms with van der Waals surface area (Å²) in [6, 6.07) is 7.77. The molecule has 12 heteroatoms. The minimum atomic E-state index is -4.14. The Kier molecular flexibility index (Phi) is 7.08. The molecule has 1 atom stereocenters. The second-order valence-corrected chi connectivity index (χ2v) is 9.40. The second-order valence-electron chi connectivity index (χ2n) is 7.69. The van der Waals surface area contributed by atoms with Crippen LogP contribution in [0, 0.1) is 0 Å². The number of benzene rings is 2. The molecule has 4 rings (SSSR count). The highest BCUT2D eigenvalue weighted by molar-refractivity contribution is 7.89. The van der Waals surface area contributed by atoms with Crippen LogP contribution >= 0.6 is 0 Å². The molecule has 2 aromatic rings. The van der Waals surface area contributed by atoms with Gasteiger partial charge in [0.2, 0.25) is 21.8 Å². The first-order valence-electron chi connectivity index (χ1n) is 10.7. The number of amides is 2. The number of hydrogen-bond donors (Lipinski definition) is 3. The maximum Gasteiger partial charge on any atom is 0.242 e. The summed E-state index contributed by atoms with van der Waals surface area (Å²) in [6.07, 6.45) is 0.408. The molecule has 182 valence electrons. The Morgan fingerprint density at radius 1 is 0.882 bits per heavy atom. The topological polar surface area (TPSA) is 155 Å². The van der Waals surface area contributed by atoms with Gasteiger partial charge in [0.1, 0.15) is 19.3 Å². The Morgan fingerprint density at radius 3 is 2.24 bits per heavy atom. The van der Waals surface area contributed by atoms with Crippen molar-refractivity contribution < 1.29 is 37.0 Å². The van der Waals surface area contributed by atoms with E-state index >= 15 is 0 Å². The first kappa shape index (κ1) is 23.6. The lowest BCUT2D eigenvalue weighted by molar-refractivity contribution is -0.119. The van der Waals surface area contributed by atoms with Crippen LogP contribution in [-0.2, 0) is 19.6 Å². The van der Waals surface area contributed by atoms with Gasteiger partial charge in [0, 0.05) is 30.7 Å². The molecule has 2 aliphatic heterocycles. The zero-order valence-electron chi connectivity index (χ0n) is 18.2. The van der Waals surface area contributed by atoms with Gasteiger partial charge < -0.3 is 30.0 Å². The molecule has 0 fully saturated rings. The summed E-state index contributed by atoms with van der Waals surface area (Å²) < 4.78 is 50.5. The molecule has 2 aromatic carbocycles. The Bertz CT molecular complexity index is 1180. The molecule has 0 saturated carbocycles. The normalized spacial score (nSPS) is 15.6. The number of carbonyl (C=O) groups is 2. The van der Waals surface area contributed by atoms with Crippen molar-refractivity contribution in [1.29, 1.82) is 0 Å². The lowest BCUT2D eigenvalue weighted by Crippen LogP contribution is -2.44. The first-order valence-corrected chi connectivity index (χ1v) is 12.2. The smallest absolute Gasteiger partial charge is 0.242 e. The average molecular weight is 492 g/mol. The van der Waals surface area contributed by atoms with Gasteiger partial charge in [-0.3, -0.25) is 9.59 Å². The fourth-order valence-corrected chi connectivity index (χ4v) is 4.69. The van der Waals surface area contributed by atoms with E-state index in [1.54, 1.807) is 18.2 Å². The molecule has 34 heavy (non-hydrogen) atoms. The average Bonchev–Trinajstić information content (AvgIpc) is 3.06. The number of nitrogens with one attached hydrogen (secondary N) is 2. The van der Waals surface area contributed by atoms with E-state index in [0.29, 0.717) is 55.1 Å². The van der Waals surface area contributed by atoms with E-state index < -0.39 is 27.9 Å².